The summed E-state index contributed by atoms with van der Waals surface area (Å²) in [6.45, 7) is 2.08. The van der Waals surface area contributed by atoms with E-state index in [0.717, 1.165) is 17.1 Å². The van der Waals surface area contributed by atoms with Crippen LogP contribution in [0.3, 0.4) is 0 Å². The molecule has 0 spiro atoms. The van der Waals surface area contributed by atoms with Crippen molar-refractivity contribution < 1.29 is 4.74 Å². The zero-order valence-corrected chi connectivity index (χ0v) is 19.2. The molecule has 1 heteroatoms. The van der Waals surface area contributed by atoms with Crippen molar-refractivity contribution in [3.8, 4) is 11.5 Å². The van der Waals surface area contributed by atoms with E-state index in [4.69, 9.17) is 4.74 Å². The molecule has 0 amide bonds. The van der Waals surface area contributed by atoms with Crippen LogP contribution in [-0.4, -0.2) is 0 Å². The van der Waals surface area contributed by atoms with Gasteiger partial charge in [0.25, 0.3) is 0 Å². The van der Waals surface area contributed by atoms with Gasteiger partial charge in [-0.3, -0.25) is 0 Å². The molecular weight excluding hydrogens is 412 g/mol. The molecule has 0 heterocycles. The fourth-order valence-corrected chi connectivity index (χ4v) is 4.16. The molecule has 5 aromatic carbocycles. The van der Waals surface area contributed by atoms with Gasteiger partial charge in [0.2, 0.25) is 0 Å². The highest BCUT2D eigenvalue weighted by atomic mass is 16.5. The fraction of sp³-hybridized carbons (Fsp3) is 0.0303. The molecule has 0 unspecified atom stereocenters. The van der Waals surface area contributed by atoms with Crippen LogP contribution < -0.4 is 4.74 Å². The summed E-state index contributed by atoms with van der Waals surface area (Å²) in [7, 11) is 0. The van der Waals surface area contributed by atoms with Crippen molar-refractivity contribution in [3.63, 3.8) is 0 Å². The number of hydrogen-bond donors (Lipinski definition) is 0. The second-order valence-electron chi connectivity index (χ2n) is 8.29. The molecule has 0 aliphatic carbocycles. The van der Waals surface area contributed by atoms with E-state index in [-0.39, 0.29) is 0 Å². The van der Waals surface area contributed by atoms with Gasteiger partial charge in [-0.05, 0) is 64.6 Å². The molecule has 0 aliphatic heterocycles. The van der Waals surface area contributed by atoms with Crippen molar-refractivity contribution in [2.24, 2.45) is 0 Å². The van der Waals surface area contributed by atoms with E-state index in [2.05, 4.69) is 122 Å². The summed E-state index contributed by atoms with van der Waals surface area (Å²) in [5.41, 5.74) is 8.32. The number of ether oxygens (including phenoxy) is 1. The predicted molar refractivity (Wildman–Crippen MR) is 142 cm³/mol. The van der Waals surface area contributed by atoms with E-state index < -0.39 is 0 Å². The summed E-state index contributed by atoms with van der Waals surface area (Å²) in [6.07, 6.45) is 0. The highest BCUT2D eigenvalue weighted by Crippen LogP contribution is 2.37. The van der Waals surface area contributed by atoms with Gasteiger partial charge in [0.05, 0.1) is 0 Å². The van der Waals surface area contributed by atoms with E-state index in [0.29, 0.717) is 0 Å². The molecule has 5 rings (SSSR count). The lowest BCUT2D eigenvalue weighted by Gasteiger charge is -2.18. The Morgan fingerprint density at radius 3 is 1.09 bits per heavy atom. The Labute approximate surface area is 201 Å². The highest BCUT2D eigenvalue weighted by Gasteiger charge is 2.16. The molecule has 0 aliphatic rings. The standard InChI is InChI=1S/C33H26O/c1-25-17-21-30(22-18-25)34-31-23-19-29(20-24-31)33(28-15-9-4-10-16-28)32(26-11-5-2-6-12-26)27-13-7-3-8-14-27/h2-24H,1H3. The number of rotatable bonds is 6. The molecule has 1 nitrogen and oxygen atoms in total. The molecule has 0 aromatic heterocycles. The maximum atomic E-state index is 6.09. The smallest absolute Gasteiger partial charge is 0.127 e. The molecule has 0 radical (unpaired) electrons. The van der Waals surface area contributed by atoms with Crippen LogP contribution in [0.1, 0.15) is 27.8 Å². The third kappa shape index (κ3) is 4.84. The van der Waals surface area contributed by atoms with Gasteiger partial charge in [-0.2, -0.15) is 0 Å². The van der Waals surface area contributed by atoms with Gasteiger partial charge >= 0.3 is 0 Å². The second kappa shape index (κ2) is 10.1. The van der Waals surface area contributed by atoms with Gasteiger partial charge in [0.15, 0.2) is 0 Å². The fourth-order valence-electron chi connectivity index (χ4n) is 4.16. The SMILES string of the molecule is Cc1ccc(Oc2ccc(C(=C(c3ccccc3)c3ccccc3)c3ccccc3)cc2)cc1. The summed E-state index contributed by atoms with van der Waals surface area (Å²) in [5.74, 6) is 1.66. The molecule has 0 saturated carbocycles. The van der Waals surface area contributed by atoms with Crippen LogP contribution in [0.2, 0.25) is 0 Å². The molecule has 0 fully saturated rings. The van der Waals surface area contributed by atoms with Gasteiger partial charge in [-0.25, -0.2) is 0 Å². The first-order chi connectivity index (χ1) is 16.8. The van der Waals surface area contributed by atoms with Crippen LogP contribution in [0, 0.1) is 6.92 Å². The van der Waals surface area contributed by atoms with Gasteiger partial charge in [0.1, 0.15) is 11.5 Å². The molecule has 5 aromatic rings. The Morgan fingerprint density at radius 2 is 0.706 bits per heavy atom. The van der Waals surface area contributed by atoms with Crippen molar-refractivity contribution in [3.05, 3.63) is 167 Å². The topological polar surface area (TPSA) is 9.23 Å². The summed E-state index contributed by atoms with van der Waals surface area (Å²) in [6, 6.07) is 48.4. The second-order valence-corrected chi connectivity index (χ2v) is 8.29. The lowest BCUT2D eigenvalue weighted by molar-refractivity contribution is 0.482. The van der Waals surface area contributed by atoms with Crippen molar-refractivity contribution in [1.82, 2.24) is 0 Å². The van der Waals surface area contributed by atoms with E-state index in [1.165, 1.54) is 33.4 Å². The third-order valence-corrected chi connectivity index (χ3v) is 5.84. The average Bonchev–Trinajstić information content (AvgIpc) is 2.91. The minimum atomic E-state index is 0.820. The van der Waals surface area contributed by atoms with Crippen molar-refractivity contribution >= 4 is 11.1 Å². The third-order valence-electron chi connectivity index (χ3n) is 5.84. The zero-order valence-electron chi connectivity index (χ0n) is 19.2. The largest absolute Gasteiger partial charge is 0.457 e. The lowest BCUT2D eigenvalue weighted by Crippen LogP contribution is -1.97. The number of benzene rings is 5. The minimum Gasteiger partial charge on any atom is -0.457 e. The minimum absolute atomic E-state index is 0.820. The first-order valence-electron chi connectivity index (χ1n) is 11.5. The van der Waals surface area contributed by atoms with Gasteiger partial charge in [-0.1, -0.05) is 121 Å². The Hall–Kier alpha value is -4.36. The van der Waals surface area contributed by atoms with Crippen molar-refractivity contribution in [2.45, 2.75) is 6.92 Å². The average molecular weight is 439 g/mol. The first kappa shape index (κ1) is 21.5. The molecular formula is C33H26O. The van der Waals surface area contributed by atoms with Gasteiger partial charge in [0, 0.05) is 0 Å². The van der Waals surface area contributed by atoms with Crippen LogP contribution in [0.25, 0.3) is 11.1 Å². The maximum Gasteiger partial charge on any atom is 0.127 e. The van der Waals surface area contributed by atoms with Crippen LogP contribution in [-0.2, 0) is 0 Å². The van der Waals surface area contributed by atoms with E-state index >= 15 is 0 Å². The van der Waals surface area contributed by atoms with E-state index in [1.54, 1.807) is 0 Å². The van der Waals surface area contributed by atoms with Gasteiger partial charge < -0.3 is 4.74 Å². The first-order valence-corrected chi connectivity index (χ1v) is 11.5. The summed E-state index contributed by atoms with van der Waals surface area (Å²) >= 11 is 0. The molecule has 0 saturated heterocycles. The zero-order chi connectivity index (χ0) is 23.2. The maximum absolute atomic E-state index is 6.09. The Kier molecular flexibility index (Phi) is 6.36. The normalized spacial score (nSPS) is 10.5. The lowest BCUT2D eigenvalue weighted by atomic mass is 9.86. The summed E-state index contributed by atoms with van der Waals surface area (Å²) < 4.78 is 6.09. The van der Waals surface area contributed by atoms with Crippen LogP contribution in [0.5, 0.6) is 11.5 Å². The van der Waals surface area contributed by atoms with Crippen molar-refractivity contribution in [1.29, 1.82) is 0 Å². The Balaban J connectivity index is 1.65. The van der Waals surface area contributed by atoms with Crippen LogP contribution in [0.4, 0.5) is 0 Å². The molecule has 164 valence electrons. The molecule has 0 atom stereocenters. The Bertz CT molecular complexity index is 1330. The molecule has 34 heavy (non-hydrogen) atoms. The van der Waals surface area contributed by atoms with Crippen molar-refractivity contribution in [2.75, 3.05) is 0 Å². The van der Waals surface area contributed by atoms with Gasteiger partial charge in [-0.15, -0.1) is 0 Å². The number of hydrogen-bond acceptors (Lipinski definition) is 1. The molecule has 0 bridgehead atoms. The summed E-state index contributed by atoms with van der Waals surface area (Å²) in [5, 5.41) is 0. The van der Waals surface area contributed by atoms with E-state index in [9.17, 15) is 0 Å². The quantitative estimate of drug-likeness (QED) is 0.241. The van der Waals surface area contributed by atoms with E-state index in [1.807, 2.05) is 24.3 Å². The van der Waals surface area contributed by atoms with Crippen LogP contribution >= 0.6 is 0 Å². The highest BCUT2D eigenvalue weighted by molar-refractivity contribution is 6.04. The Morgan fingerprint density at radius 1 is 0.382 bits per heavy atom. The van der Waals surface area contributed by atoms with Crippen LogP contribution in [0.15, 0.2) is 140 Å². The monoisotopic (exact) mass is 438 g/mol. The summed E-state index contributed by atoms with van der Waals surface area (Å²) in [4.78, 5) is 0. The molecule has 0 N–H and O–H groups in total. The predicted octanol–water partition coefficient (Wildman–Crippen LogP) is 8.79. The number of aryl methyl sites for hydroxylation is 1.